The molecule has 11 nitrogen and oxygen atoms in total. The zero-order valence-corrected chi connectivity index (χ0v) is 18.4. The number of ether oxygens (including phenoxy) is 1. The Labute approximate surface area is 200 Å². The molecular formula is C21H12Cl2N4O7. The SMILES string of the molecule is O=C(Nc1c(Cl)noc1C#Cc1nc2oc(C3(C(=O)O)CC3)nc2o1)OCc1ccccc1Cl. The second-order valence-electron chi connectivity index (χ2n) is 7.26. The van der Waals surface area contributed by atoms with E-state index >= 15 is 0 Å². The number of benzene rings is 1. The van der Waals surface area contributed by atoms with Crippen molar-refractivity contribution in [2.24, 2.45) is 0 Å². The molecule has 1 amide bonds. The molecule has 2 N–H and O–H groups in total. The highest BCUT2D eigenvalue weighted by atomic mass is 35.5. The van der Waals surface area contributed by atoms with Gasteiger partial charge in [0.2, 0.25) is 11.7 Å². The van der Waals surface area contributed by atoms with Crippen molar-refractivity contribution in [3.63, 3.8) is 0 Å². The summed E-state index contributed by atoms with van der Waals surface area (Å²) in [6.45, 7) is -0.0665. The Morgan fingerprint density at radius 3 is 2.62 bits per heavy atom. The first kappa shape index (κ1) is 21.8. The second kappa shape index (κ2) is 8.40. The van der Waals surface area contributed by atoms with Crippen molar-refractivity contribution in [3.05, 3.63) is 57.5 Å². The van der Waals surface area contributed by atoms with Gasteiger partial charge in [-0.15, -0.1) is 0 Å². The highest BCUT2D eigenvalue weighted by Gasteiger charge is 2.56. The van der Waals surface area contributed by atoms with Crippen molar-refractivity contribution in [1.29, 1.82) is 0 Å². The normalized spacial score (nSPS) is 13.8. The topological polar surface area (TPSA) is 154 Å². The van der Waals surface area contributed by atoms with Gasteiger partial charge in [0.05, 0.1) is 0 Å². The van der Waals surface area contributed by atoms with Crippen LogP contribution in [0.4, 0.5) is 10.5 Å². The number of halogens is 2. The molecule has 1 saturated carbocycles. The number of aliphatic carboxylic acids is 1. The summed E-state index contributed by atoms with van der Waals surface area (Å²) in [5.41, 5.74) is -0.470. The Morgan fingerprint density at radius 2 is 1.91 bits per heavy atom. The van der Waals surface area contributed by atoms with E-state index in [0.29, 0.717) is 23.4 Å². The van der Waals surface area contributed by atoms with E-state index in [1.807, 2.05) is 0 Å². The van der Waals surface area contributed by atoms with Gasteiger partial charge in [-0.05, 0) is 24.8 Å². The summed E-state index contributed by atoms with van der Waals surface area (Å²) in [4.78, 5) is 31.7. The van der Waals surface area contributed by atoms with Crippen LogP contribution in [0, 0.1) is 11.8 Å². The molecule has 1 aliphatic carbocycles. The fourth-order valence-corrected chi connectivity index (χ4v) is 3.37. The molecule has 3 aromatic heterocycles. The number of carboxylic acid groups (broad SMARTS) is 1. The van der Waals surface area contributed by atoms with Crippen LogP contribution >= 0.6 is 23.2 Å². The van der Waals surface area contributed by atoms with Crippen LogP contribution in [-0.2, 0) is 21.6 Å². The lowest BCUT2D eigenvalue weighted by atomic mass is 10.1. The molecule has 0 bridgehead atoms. The minimum Gasteiger partial charge on any atom is -0.480 e. The van der Waals surface area contributed by atoms with E-state index in [0.717, 1.165) is 0 Å². The van der Waals surface area contributed by atoms with E-state index in [2.05, 4.69) is 32.3 Å². The lowest BCUT2D eigenvalue weighted by Gasteiger charge is -2.07. The molecule has 1 aromatic carbocycles. The van der Waals surface area contributed by atoms with E-state index in [-0.39, 0.29) is 46.4 Å². The van der Waals surface area contributed by atoms with Crippen LogP contribution in [0.3, 0.4) is 0 Å². The number of nitrogens with one attached hydrogen (secondary N) is 1. The molecule has 13 heteroatoms. The summed E-state index contributed by atoms with van der Waals surface area (Å²) >= 11 is 12.0. The Hall–Kier alpha value is -4.01. The number of rotatable bonds is 5. The third-order valence-corrected chi connectivity index (χ3v) is 5.65. The third kappa shape index (κ3) is 4.05. The minimum absolute atomic E-state index is 0.00823. The van der Waals surface area contributed by atoms with Gasteiger partial charge in [-0.25, -0.2) is 4.79 Å². The van der Waals surface area contributed by atoms with Gasteiger partial charge in [-0.3, -0.25) is 10.1 Å². The van der Waals surface area contributed by atoms with E-state index in [4.69, 9.17) is 41.3 Å². The fraction of sp³-hybridized carbons (Fsp3) is 0.190. The quantitative estimate of drug-likeness (QED) is 0.375. The molecular weight excluding hydrogens is 491 g/mol. The van der Waals surface area contributed by atoms with Gasteiger partial charge in [0.15, 0.2) is 5.15 Å². The van der Waals surface area contributed by atoms with Gasteiger partial charge in [0.25, 0.3) is 17.3 Å². The van der Waals surface area contributed by atoms with Crippen molar-refractivity contribution in [1.82, 2.24) is 15.1 Å². The minimum atomic E-state index is -1.12. The summed E-state index contributed by atoms with van der Waals surface area (Å²) in [6.07, 6.45) is 0.0351. The number of hydrogen-bond donors (Lipinski definition) is 2. The maximum absolute atomic E-state index is 12.2. The van der Waals surface area contributed by atoms with Crippen molar-refractivity contribution in [3.8, 4) is 11.8 Å². The summed E-state index contributed by atoms with van der Waals surface area (Å²) in [5, 5.41) is 15.6. The molecule has 0 aliphatic heterocycles. The molecule has 0 atom stereocenters. The molecule has 3 heterocycles. The van der Waals surface area contributed by atoms with Gasteiger partial charge < -0.3 is 23.2 Å². The van der Waals surface area contributed by atoms with Crippen molar-refractivity contribution in [2.45, 2.75) is 24.9 Å². The molecule has 0 spiro atoms. The Kier molecular flexibility index (Phi) is 5.39. The average Bonchev–Trinajstić information content (AvgIpc) is 3.25. The van der Waals surface area contributed by atoms with Gasteiger partial charge >= 0.3 is 12.1 Å². The van der Waals surface area contributed by atoms with E-state index in [1.165, 1.54) is 0 Å². The zero-order valence-electron chi connectivity index (χ0n) is 16.9. The summed E-state index contributed by atoms with van der Waals surface area (Å²) in [7, 11) is 0. The van der Waals surface area contributed by atoms with E-state index in [1.54, 1.807) is 24.3 Å². The number of anilines is 1. The van der Waals surface area contributed by atoms with E-state index < -0.39 is 17.5 Å². The Bertz CT molecular complexity index is 1460. The molecule has 34 heavy (non-hydrogen) atoms. The lowest BCUT2D eigenvalue weighted by Crippen LogP contribution is -2.19. The van der Waals surface area contributed by atoms with Gasteiger partial charge in [-0.2, -0.15) is 9.97 Å². The van der Waals surface area contributed by atoms with E-state index in [9.17, 15) is 14.7 Å². The predicted octanol–water partition coefficient (Wildman–Crippen LogP) is 4.38. The first-order chi connectivity index (χ1) is 16.4. The molecule has 1 aliphatic rings. The van der Waals surface area contributed by atoms with Crippen molar-refractivity contribution < 1.29 is 32.8 Å². The molecule has 172 valence electrons. The van der Waals surface area contributed by atoms with Crippen LogP contribution in [0.5, 0.6) is 0 Å². The predicted molar refractivity (Wildman–Crippen MR) is 115 cm³/mol. The molecule has 0 saturated heterocycles. The van der Waals surface area contributed by atoms with Crippen LogP contribution in [0.1, 0.15) is 35.9 Å². The molecule has 5 rings (SSSR count). The summed E-state index contributed by atoms with van der Waals surface area (Å²) in [5.74, 6) is 4.05. The molecule has 4 aromatic rings. The highest BCUT2D eigenvalue weighted by molar-refractivity contribution is 6.32. The van der Waals surface area contributed by atoms with Crippen molar-refractivity contribution >= 4 is 52.4 Å². The van der Waals surface area contributed by atoms with Crippen LogP contribution in [-0.4, -0.2) is 32.3 Å². The number of amides is 1. The largest absolute Gasteiger partial charge is 0.480 e. The molecule has 0 radical (unpaired) electrons. The monoisotopic (exact) mass is 502 g/mol. The summed E-state index contributed by atoms with van der Waals surface area (Å²) in [6, 6.07) is 6.91. The Morgan fingerprint density at radius 1 is 1.15 bits per heavy atom. The van der Waals surface area contributed by atoms with Crippen LogP contribution in [0.15, 0.2) is 37.6 Å². The average molecular weight is 503 g/mol. The number of nitrogens with zero attached hydrogens (tertiary/aromatic N) is 3. The van der Waals surface area contributed by atoms with Crippen LogP contribution < -0.4 is 5.32 Å². The number of carbonyl (C=O) groups excluding carboxylic acids is 1. The number of aromatic nitrogens is 3. The standard InChI is InChI=1S/C21H12Cl2N4O7/c22-11-4-2-1-3-10(11)9-31-20(30)25-14-12(34-27-15(14)23)5-6-13-24-16-17(32-13)26-18(33-16)21(7-8-21)19(28)29/h1-4H,7-9H2,(H,25,30)(H,28,29). The van der Waals surface area contributed by atoms with Gasteiger partial charge in [-0.1, -0.05) is 46.6 Å². The third-order valence-electron chi connectivity index (χ3n) is 5.02. The van der Waals surface area contributed by atoms with Crippen molar-refractivity contribution in [2.75, 3.05) is 5.32 Å². The number of carbonyl (C=O) groups is 2. The van der Waals surface area contributed by atoms with Crippen LogP contribution in [0.25, 0.3) is 11.4 Å². The number of oxazole rings is 2. The highest BCUT2D eigenvalue weighted by Crippen LogP contribution is 2.48. The van der Waals surface area contributed by atoms with Gasteiger partial charge in [0.1, 0.15) is 17.7 Å². The fourth-order valence-electron chi connectivity index (χ4n) is 3.02. The maximum atomic E-state index is 12.2. The number of hydrogen-bond acceptors (Lipinski definition) is 9. The van der Waals surface area contributed by atoms with Crippen LogP contribution in [0.2, 0.25) is 10.2 Å². The second-order valence-corrected chi connectivity index (χ2v) is 8.02. The number of fused-ring (bicyclic) bond motifs is 1. The smallest absolute Gasteiger partial charge is 0.412 e. The summed E-state index contributed by atoms with van der Waals surface area (Å²) < 4.78 is 21.0. The first-order valence-electron chi connectivity index (χ1n) is 9.71. The molecule has 0 unspecified atom stereocenters. The maximum Gasteiger partial charge on any atom is 0.412 e. The van der Waals surface area contributed by atoms with Gasteiger partial charge in [0, 0.05) is 16.5 Å². The first-order valence-corrected chi connectivity index (χ1v) is 10.5. The zero-order chi connectivity index (χ0) is 23.9. The number of carboxylic acids is 1. The molecule has 1 fully saturated rings. The lowest BCUT2D eigenvalue weighted by molar-refractivity contribution is -0.140. The Balaban J connectivity index is 1.29.